The zero-order valence-corrected chi connectivity index (χ0v) is 8.06. The van der Waals surface area contributed by atoms with Gasteiger partial charge in [0.1, 0.15) is 5.84 Å². The predicted octanol–water partition coefficient (Wildman–Crippen LogP) is 2.27. The highest BCUT2D eigenvalue weighted by molar-refractivity contribution is 5.89. The molecule has 1 aliphatic heterocycles. The fourth-order valence-electron chi connectivity index (χ4n) is 1.48. The lowest BCUT2D eigenvalue weighted by Gasteiger charge is -2.37. The van der Waals surface area contributed by atoms with Gasteiger partial charge in [-0.25, -0.2) is 0 Å². The summed E-state index contributed by atoms with van der Waals surface area (Å²) in [5, 5.41) is 7.57. The molecule has 0 aliphatic carbocycles. The monoisotopic (exact) mass is 166 g/mol. The van der Waals surface area contributed by atoms with Crippen LogP contribution in [0.5, 0.6) is 0 Å². The van der Waals surface area contributed by atoms with E-state index < -0.39 is 0 Å². The van der Waals surface area contributed by atoms with Crippen molar-refractivity contribution in [2.75, 3.05) is 13.1 Å². The fraction of sp³-hybridized carbons (Fsp3) is 0.700. The second kappa shape index (κ2) is 3.30. The van der Waals surface area contributed by atoms with Gasteiger partial charge in [0, 0.05) is 13.1 Å². The third-order valence-electron chi connectivity index (χ3n) is 2.65. The zero-order valence-electron chi connectivity index (χ0n) is 8.06. The number of hydrogen-bond donors (Lipinski definition) is 1. The van der Waals surface area contributed by atoms with Gasteiger partial charge in [-0.15, -0.1) is 0 Å². The minimum atomic E-state index is 0.470. The minimum absolute atomic E-state index is 0.470. The molecule has 0 radical (unpaired) electrons. The van der Waals surface area contributed by atoms with Crippen LogP contribution in [0.25, 0.3) is 0 Å². The van der Waals surface area contributed by atoms with Crippen LogP contribution in [0.3, 0.4) is 0 Å². The van der Waals surface area contributed by atoms with Crippen LogP contribution in [0.4, 0.5) is 0 Å². The van der Waals surface area contributed by atoms with Crippen LogP contribution >= 0.6 is 0 Å². The van der Waals surface area contributed by atoms with Gasteiger partial charge in [0.05, 0.1) is 0 Å². The standard InChI is InChI=1S/C10H18N2/c1-4-9(11)12-7-5-10(2,3)6-8-12/h4,11H,1,5-8H2,2-3H3. The average molecular weight is 166 g/mol. The van der Waals surface area contributed by atoms with Gasteiger partial charge in [0.25, 0.3) is 0 Å². The van der Waals surface area contributed by atoms with Crippen LogP contribution in [0.15, 0.2) is 12.7 Å². The molecular formula is C10H18N2. The third-order valence-corrected chi connectivity index (χ3v) is 2.65. The molecule has 2 nitrogen and oxygen atoms in total. The van der Waals surface area contributed by atoms with Crippen molar-refractivity contribution in [3.8, 4) is 0 Å². The van der Waals surface area contributed by atoms with Gasteiger partial charge in [-0.2, -0.15) is 0 Å². The SMILES string of the molecule is C=CC(=N)N1CCC(C)(C)CC1. The first kappa shape index (κ1) is 9.30. The lowest BCUT2D eigenvalue weighted by Crippen LogP contribution is -2.39. The van der Waals surface area contributed by atoms with Crippen molar-refractivity contribution in [1.82, 2.24) is 4.90 Å². The summed E-state index contributed by atoms with van der Waals surface area (Å²) in [4.78, 5) is 2.10. The largest absolute Gasteiger partial charge is 0.357 e. The van der Waals surface area contributed by atoms with E-state index in [0.29, 0.717) is 11.3 Å². The first-order chi connectivity index (χ1) is 5.55. The van der Waals surface area contributed by atoms with Crippen LogP contribution in [0, 0.1) is 10.8 Å². The molecule has 12 heavy (non-hydrogen) atoms. The maximum atomic E-state index is 7.57. The molecule has 0 bridgehead atoms. The van der Waals surface area contributed by atoms with E-state index in [0.717, 1.165) is 13.1 Å². The maximum absolute atomic E-state index is 7.57. The van der Waals surface area contributed by atoms with Crippen LogP contribution in [0.1, 0.15) is 26.7 Å². The van der Waals surface area contributed by atoms with Gasteiger partial charge in [0.2, 0.25) is 0 Å². The van der Waals surface area contributed by atoms with Gasteiger partial charge >= 0.3 is 0 Å². The van der Waals surface area contributed by atoms with E-state index in [1.807, 2.05) is 0 Å². The summed E-state index contributed by atoms with van der Waals surface area (Å²) in [7, 11) is 0. The molecule has 1 aliphatic rings. The van der Waals surface area contributed by atoms with Gasteiger partial charge in [-0.05, 0) is 24.3 Å². The Morgan fingerprint density at radius 3 is 2.33 bits per heavy atom. The molecule has 2 heteroatoms. The van der Waals surface area contributed by atoms with E-state index in [2.05, 4.69) is 25.3 Å². The van der Waals surface area contributed by atoms with Gasteiger partial charge < -0.3 is 4.90 Å². The molecule has 0 spiro atoms. The maximum Gasteiger partial charge on any atom is 0.119 e. The molecule has 0 aromatic rings. The Morgan fingerprint density at radius 1 is 1.42 bits per heavy atom. The van der Waals surface area contributed by atoms with Crippen molar-refractivity contribution in [3.63, 3.8) is 0 Å². The fourth-order valence-corrected chi connectivity index (χ4v) is 1.48. The molecule has 1 N–H and O–H groups in total. The van der Waals surface area contributed by atoms with Gasteiger partial charge in [-0.1, -0.05) is 20.4 Å². The molecule has 1 saturated heterocycles. The molecule has 0 unspecified atom stereocenters. The topological polar surface area (TPSA) is 27.1 Å². The Balaban J connectivity index is 2.46. The summed E-state index contributed by atoms with van der Waals surface area (Å²) in [5.41, 5.74) is 0.470. The van der Waals surface area contributed by atoms with Crippen LogP contribution in [0.2, 0.25) is 0 Å². The summed E-state index contributed by atoms with van der Waals surface area (Å²) in [6.45, 7) is 10.2. The van der Waals surface area contributed by atoms with Crippen molar-refractivity contribution in [3.05, 3.63) is 12.7 Å². The van der Waals surface area contributed by atoms with Crippen molar-refractivity contribution >= 4 is 5.84 Å². The normalized spacial score (nSPS) is 22.0. The molecule has 0 amide bonds. The zero-order chi connectivity index (χ0) is 9.19. The molecule has 1 fully saturated rings. The predicted molar refractivity (Wildman–Crippen MR) is 52.5 cm³/mol. The second-order valence-corrected chi connectivity index (χ2v) is 4.24. The molecule has 1 rings (SSSR count). The Bertz CT molecular complexity index is 184. The summed E-state index contributed by atoms with van der Waals surface area (Å²) in [5.74, 6) is 0.575. The Kier molecular flexibility index (Phi) is 2.55. The van der Waals surface area contributed by atoms with E-state index >= 15 is 0 Å². The number of nitrogens with zero attached hydrogens (tertiary/aromatic N) is 1. The summed E-state index contributed by atoms with van der Waals surface area (Å²) >= 11 is 0. The highest BCUT2D eigenvalue weighted by Crippen LogP contribution is 2.29. The number of nitrogens with one attached hydrogen (secondary N) is 1. The molecule has 0 saturated carbocycles. The second-order valence-electron chi connectivity index (χ2n) is 4.24. The van der Waals surface area contributed by atoms with E-state index in [1.165, 1.54) is 12.8 Å². The Hall–Kier alpha value is -0.790. The molecule has 1 heterocycles. The van der Waals surface area contributed by atoms with E-state index in [1.54, 1.807) is 6.08 Å². The number of rotatable bonds is 1. The first-order valence-electron chi connectivity index (χ1n) is 4.51. The average Bonchev–Trinajstić information content (AvgIpc) is 2.03. The Labute approximate surface area is 74.8 Å². The smallest absolute Gasteiger partial charge is 0.119 e. The molecule has 68 valence electrons. The minimum Gasteiger partial charge on any atom is -0.357 e. The number of likely N-dealkylation sites (tertiary alicyclic amines) is 1. The van der Waals surface area contributed by atoms with Crippen molar-refractivity contribution < 1.29 is 0 Å². The van der Waals surface area contributed by atoms with Crippen LogP contribution < -0.4 is 0 Å². The van der Waals surface area contributed by atoms with Gasteiger partial charge in [0.15, 0.2) is 0 Å². The number of piperidine rings is 1. The molecule has 0 atom stereocenters. The van der Waals surface area contributed by atoms with E-state index in [4.69, 9.17) is 5.41 Å². The summed E-state index contributed by atoms with van der Waals surface area (Å²) in [6, 6.07) is 0. The van der Waals surface area contributed by atoms with E-state index in [-0.39, 0.29) is 0 Å². The van der Waals surface area contributed by atoms with Crippen LogP contribution in [-0.2, 0) is 0 Å². The Morgan fingerprint density at radius 2 is 1.92 bits per heavy atom. The summed E-state index contributed by atoms with van der Waals surface area (Å²) < 4.78 is 0. The van der Waals surface area contributed by atoms with Crippen LogP contribution in [-0.4, -0.2) is 23.8 Å². The first-order valence-corrected chi connectivity index (χ1v) is 4.51. The number of amidine groups is 1. The molecular weight excluding hydrogens is 148 g/mol. The molecule has 0 aromatic carbocycles. The van der Waals surface area contributed by atoms with Crippen molar-refractivity contribution in [2.45, 2.75) is 26.7 Å². The quantitative estimate of drug-likeness (QED) is 0.469. The third kappa shape index (κ3) is 2.10. The van der Waals surface area contributed by atoms with Crippen molar-refractivity contribution in [2.24, 2.45) is 5.41 Å². The van der Waals surface area contributed by atoms with E-state index in [9.17, 15) is 0 Å². The van der Waals surface area contributed by atoms with Gasteiger partial charge in [-0.3, -0.25) is 5.41 Å². The molecule has 0 aromatic heterocycles. The highest BCUT2D eigenvalue weighted by Gasteiger charge is 2.25. The highest BCUT2D eigenvalue weighted by atomic mass is 15.2. The van der Waals surface area contributed by atoms with Crippen molar-refractivity contribution in [1.29, 1.82) is 5.41 Å². The lowest BCUT2D eigenvalue weighted by atomic mass is 9.82. The summed E-state index contributed by atoms with van der Waals surface area (Å²) in [6.07, 6.45) is 3.99. The number of hydrogen-bond acceptors (Lipinski definition) is 1. The lowest BCUT2D eigenvalue weighted by molar-refractivity contribution is 0.188.